The highest BCUT2D eigenvalue weighted by molar-refractivity contribution is 7.71. The van der Waals surface area contributed by atoms with Crippen LogP contribution in [0.3, 0.4) is 0 Å². The quantitative estimate of drug-likeness (QED) is 0.789. The fraction of sp³-hybridized carbons (Fsp3) is 0.615. The molecule has 2 heterocycles. The summed E-state index contributed by atoms with van der Waals surface area (Å²) in [6.07, 6.45) is 6.38. The molecule has 0 bridgehead atoms. The average Bonchev–Trinajstić information content (AvgIpc) is 3.06. The first-order chi connectivity index (χ1) is 9.54. The van der Waals surface area contributed by atoms with Crippen LogP contribution in [0.2, 0.25) is 0 Å². The molecule has 0 aliphatic heterocycles. The molecule has 1 aliphatic carbocycles. The summed E-state index contributed by atoms with van der Waals surface area (Å²) in [5.41, 5.74) is 1.19. The Morgan fingerprint density at radius 3 is 2.80 bits per heavy atom. The zero-order valence-corrected chi connectivity index (χ0v) is 13.0. The Kier molecular flexibility index (Phi) is 3.47. The fourth-order valence-corrected chi connectivity index (χ4v) is 2.90. The standard InChI is InChI=1S/C13H20N6S/c1-10-15-18(13(20)19(10)12-4-5-12)9-16(2)7-11-6-14-17(3)8-11/h6,8,12H,4-5,7,9H2,1-3H3. The highest BCUT2D eigenvalue weighted by atomic mass is 32.1. The molecule has 3 rings (SSSR count). The summed E-state index contributed by atoms with van der Waals surface area (Å²) in [6.45, 7) is 3.57. The Labute approximate surface area is 123 Å². The van der Waals surface area contributed by atoms with Gasteiger partial charge in [-0.1, -0.05) is 0 Å². The summed E-state index contributed by atoms with van der Waals surface area (Å²) in [4.78, 5) is 2.19. The van der Waals surface area contributed by atoms with E-state index in [0.717, 1.165) is 17.1 Å². The number of nitrogens with zero attached hydrogens (tertiary/aromatic N) is 6. The summed E-state index contributed by atoms with van der Waals surface area (Å²) >= 11 is 5.54. The van der Waals surface area contributed by atoms with Crippen LogP contribution in [0.15, 0.2) is 12.4 Å². The normalized spacial score (nSPS) is 15.2. The van der Waals surface area contributed by atoms with Crippen molar-refractivity contribution in [3.63, 3.8) is 0 Å². The molecule has 0 N–H and O–H groups in total. The molecule has 0 atom stereocenters. The molecule has 2 aromatic rings. The maximum absolute atomic E-state index is 5.54. The van der Waals surface area contributed by atoms with Gasteiger partial charge in [0.2, 0.25) is 0 Å². The van der Waals surface area contributed by atoms with Gasteiger partial charge in [-0.25, -0.2) is 4.68 Å². The monoisotopic (exact) mass is 292 g/mol. The Hall–Kier alpha value is -1.47. The van der Waals surface area contributed by atoms with Crippen molar-refractivity contribution in [1.82, 2.24) is 29.0 Å². The summed E-state index contributed by atoms with van der Waals surface area (Å²) in [5.74, 6) is 1.02. The Morgan fingerprint density at radius 1 is 1.45 bits per heavy atom. The van der Waals surface area contributed by atoms with Crippen LogP contribution in [-0.4, -0.2) is 36.1 Å². The SMILES string of the molecule is Cc1nn(CN(C)Cc2cnn(C)c2)c(=S)n1C1CC1. The van der Waals surface area contributed by atoms with Crippen LogP contribution < -0.4 is 0 Å². The molecule has 0 amide bonds. The minimum absolute atomic E-state index is 0.583. The second-order valence-corrected chi connectivity index (χ2v) is 5.97. The lowest BCUT2D eigenvalue weighted by Crippen LogP contribution is -2.22. The van der Waals surface area contributed by atoms with Gasteiger partial charge < -0.3 is 4.57 Å². The van der Waals surface area contributed by atoms with Gasteiger partial charge in [-0.05, 0) is 39.0 Å². The van der Waals surface area contributed by atoms with Crippen LogP contribution in [-0.2, 0) is 20.3 Å². The number of rotatable bonds is 5. The van der Waals surface area contributed by atoms with Crippen molar-refractivity contribution in [3.05, 3.63) is 28.6 Å². The summed E-state index contributed by atoms with van der Waals surface area (Å²) in [7, 11) is 4.00. The van der Waals surface area contributed by atoms with E-state index in [1.165, 1.54) is 18.4 Å². The van der Waals surface area contributed by atoms with Crippen LogP contribution in [0.5, 0.6) is 0 Å². The maximum atomic E-state index is 5.54. The number of aryl methyl sites for hydroxylation is 2. The molecule has 2 aromatic heterocycles. The Morgan fingerprint density at radius 2 is 2.20 bits per heavy atom. The van der Waals surface area contributed by atoms with Crippen LogP contribution in [0.25, 0.3) is 0 Å². The topological polar surface area (TPSA) is 43.8 Å². The third-order valence-corrected chi connectivity index (χ3v) is 3.95. The van der Waals surface area contributed by atoms with E-state index in [-0.39, 0.29) is 0 Å². The first kappa shape index (κ1) is 13.5. The van der Waals surface area contributed by atoms with Gasteiger partial charge in [0, 0.05) is 31.4 Å². The second-order valence-electron chi connectivity index (χ2n) is 5.61. The smallest absolute Gasteiger partial charge is 0.199 e. The van der Waals surface area contributed by atoms with E-state index < -0.39 is 0 Å². The van der Waals surface area contributed by atoms with Crippen LogP contribution in [0.4, 0.5) is 0 Å². The zero-order chi connectivity index (χ0) is 14.3. The van der Waals surface area contributed by atoms with E-state index in [0.29, 0.717) is 12.7 Å². The van der Waals surface area contributed by atoms with E-state index in [4.69, 9.17) is 12.2 Å². The van der Waals surface area contributed by atoms with Gasteiger partial charge in [-0.15, -0.1) is 0 Å². The molecule has 20 heavy (non-hydrogen) atoms. The third kappa shape index (κ3) is 2.69. The number of hydrogen-bond donors (Lipinski definition) is 0. The predicted molar refractivity (Wildman–Crippen MR) is 78.7 cm³/mol. The van der Waals surface area contributed by atoms with Crippen LogP contribution in [0.1, 0.15) is 30.3 Å². The van der Waals surface area contributed by atoms with E-state index in [2.05, 4.69) is 26.7 Å². The average molecular weight is 292 g/mol. The first-order valence-electron chi connectivity index (χ1n) is 6.86. The lowest BCUT2D eigenvalue weighted by atomic mass is 10.3. The molecule has 6 nitrogen and oxygen atoms in total. The number of aromatic nitrogens is 5. The Bertz CT molecular complexity index is 663. The molecular weight excluding hydrogens is 272 g/mol. The molecule has 0 unspecified atom stereocenters. The van der Waals surface area contributed by atoms with Gasteiger partial charge in [0.15, 0.2) is 4.77 Å². The molecule has 108 valence electrons. The largest absolute Gasteiger partial charge is 0.301 e. The maximum Gasteiger partial charge on any atom is 0.199 e. The van der Waals surface area contributed by atoms with Gasteiger partial charge in [0.1, 0.15) is 5.82 Å². The van der Waals surface area contributed by atoms with Crippen LogP contribution >= 0.6 is 12.2 Å². The lowest BCUT2D eigenvalue weighted by molar-refractivity contribution is 0.243. The third-order valence-electron chi connectivity index (χ3n) is 3.54. The van der Waals surface area contributed by atoms with Crippen molar-refractivity contribution in [2.45, 2.75) is 39.0 Å². The molecule has 0 aromatic carbocycles. The molecule has 0 radical (unpaired) electrons. The van der Waals surface area contributed by atoms with E-state index in [9.17, 15) is 0 Å². The van der Waals surface area contributed by atoms with Gasteiger partial charge in [0.05, 0.1) is 12.9 Å². The van der Waals surface area contributed by atoms with Gasteiger partial charge in [-0.2, -0.15) is 10.2 Å². The number of hydrogen-bond acceptors (Lipinski definition) is 4. The molecule has 1 saturated carbocycles. The second kappa shape index (κ2) is 5.14. The summed E-state index contributed by atoms with van der Waals surface area (Å²) in [5, 5.41) is 8.76. The van der Waals surface area contributed by atoms with Crippen molar-refractivity contribution >= 4 is 12.2 Å². The van der Waals surface area contributed by atoms with Crippen molar-refractivity contribution in [2.75, 3.05) is 7.05 Å². The molecule has 0 saturated heterocycles. The highest BCUT2D eigenvalue weighted by Crippen LogP contribution is 2.35. The predicted octanol–water partition coefficient (Wildman–Crippen LogP) is 1.88. The first-order valence-corrected chi connectivity index (χ1v) is 7.27. The minimum Gasteiger partial charge on any atom is -0.301 e. The lowest BCUT2D eigenvalue weighted by Gasteiger charge is -2.15. The van der Waals surface area contributed by atoms with Crippen molar-refractivity contribution < 1.29 is 0 Å². The zero-order valence-electron chi connectivity index (χ0n) is 12.2. The Balaban J connectivity index is 1.71. The minimum atomic E-state index is 0.583. The van der Waals surface area contributed by atoms with E-state index in [1.54, 1.807) is 0 Å². The fourth-order valence-electron chi connectivity index (χ4n) is 2.52. The van der Waals surface area contributed by atoms with Gasteiger partial charge >= 0.3 is 0 Å². The molecule has 0 spiro atoms. The van der Waals surface area contributed by atoms with E-state index >= 15 is 0 Å². The van der Waals surface area contributed by atoms with Crippen molar-refractivity contribution in [3.8, 4) is 0 Å². The van der Waals surface area contributed by atoms with E-state index in [1.807, 2.05) is 35.7 Å². The summed E-state index contributed by atoms with van der Waals surface area (Å²) in [6, 6.07) is 0.583. The van der Waals surface area contributed by atoms with Gasteiger partial charge in [-0.3, -0.25) is 9.58 Å². The summed E-state index contributed by atoms with van der Waals surface area (Å²) < 4.78 is 6.76. The molecule has 7 heteroatoms. The molecule has 1 fully saturated rings. The van der Waals surface area contributed by atoms with Crippen molar-refractivity contribution in [1.29, 1.82) is 0 Å². The van der Waals surface area contributed by atoms with Crippen LogP contribution in [0, 0.1) is 11.7 Å². The van der Waals surface area contributed by atoms with Crippen molar-refractivity contribution in [2.24, 2.45) is 7.05 Å². The highest BCUT2D eigenvalue weighted by Gasteiger charge is 2.27. The molecule has 1 aliphatic rings. The van der Waals surface area contributed by atoms with Gasteiger partial charge in [0.25, 0.3) is 0 Å². The molecular formula is C13H20N6S.